The van der Waals surface area contributed by atoms with Crippen molar-refractivity contribution < 1.29 is 10.2 Å². The van der Waals surface area contributed by atoms with Gasteiger partial charge in [-0.1, -0.05) is 72.8 Å². The number of nitrogens with zero attached hydrogens (tertiary/aromatic N) is 2. The van der Waals surface area contributed by atoms with Gasteiger partial charge in [-0.3, -0.25) is 9.80 Å². The molecule has 0 aromatic heterocycles. The van der Waals surface area contributed by atoms with Gasteiger partial charge in [-0.15, -0.1) is 25.6 Å². The summed E-state index contributed by atoms with van der Waals surface area (Å²) in [6, 6.07) is 20.2. The van der Waals surface area contributed by atoms with Gasteiger partial charge in [0.1, 0.15) is 0 Å². The molecule has 0 spiro atoms. The molecule has 0 saturated carbocycles. The molecule has 0 amide bonds. The first kappa shape index (κ1) is 25.1. The first-order valence-electron chi connectivity index (χ1n) is 9.74. The zero-order valence-electron chi connectivity index (χ0n) is 16.9. The minimum Gasteiger partial charge on any atom is -0.394 e. The first-order valence-corrected chi connectivity index (χ1v) is 9.74. The topological polar surface area (TPSA) is 46.9 Å². The Labute approximate surface area is 181 Å². The summed E-state index contributed by atoms with van der Waals surface area (Å²) in [7, 11) is 0. The molecule has 0 aliphatic rings. The minimum absolute atomic E-state index is 0. The van der Waals surface area contributed by atoms with E-state index in [4.69, 9.17) is 0 Å². The average molecular weight is 417 g/mol. The molecule has 5 heteroatoms. The SMILES string of the molecule is C=CC(CO)N(CCN(Cc1ccccc1)C(C=C)CO)Cc1ccccc1.Cl. The molecule has 4 nitrogen and oxygen atoms in total. The highest BCUT2D eigenvalue weighted by atomic mass is 35.5. The monoisotopic (exact) mass is 416 g/mol. The summed E-state index contributed by atoms with van der Waals surface area (Å²) in [6.45, 7) is 10.8. The average Bonchev–Trinajstić information content (AvgIpc) is 2.74. The fourth-order valence-electron chi connectivity index (χ4n) is 3.30. The minimum atomic E-state index is -0.116. The maximum absolute atomic E-state index is 9.79. The molecule has 0 radical (unpaired) electrons. The Morgan fingerprint density at radius 3 is 1.31 bits per heavy atom. The highest BCUT2D eigenvalue weighted by molar-refractivity contribution is 5.85. The van der Waals surface area contributed by atoms with Crippen LogP contribution in [0.2, 0.25) is 0 Å². The smallest absolute Gasteiger partial charge is 0.0622 e. The van der Waals surface area contributed by atoms with Crippen LogP contribution in [-0.2, 0) is 13.1 Å². The molecule has 2 unspecified atom stereocenters. The molecule has 0 fully saturated rings. The van der Waals surface area contributed by atoms with Crippen molar-refractivity contribution in [3.8, 4) is 0 Å². The van der Waals surface area contributed by atoms with Gasteiger partial charge in [0.15, 0.2) is 0 Å². The second kappa shape index (κ2) is 14.1. The van der Waals surface area contributed by atoms with Crippen molar-refractivity contribution in [3.05, 3.63) is 97.1 Å². The van der Waals surface area contributed by atoms with Crippen LogP contribution in [0.1, 0.15) is 11.1 Å². The van der Waals surface area contributed by atoms with Crippen molar-refractivity contribution in [1.29, 1.82) is 0 Å². The summed E-state index contributed by atoms with van der Waals surface area (Å²) in [5.74, 6) is 0. The third-order valence-electron chi connectivity index (χ3n) is 4.99. The van der Waals surface area contributed by atoms with Crippen molar-refractivity contribution in [1.82, 2.24) is 9.80 Å². The summed E-state index contributed by atoms with van der Waals surface area (Å²) >= 11 is 0. The van der Waals surface area contributed by atoms with Crippen LogP contribution >= 0.6 is 12.4 Å². The van der Waals surface area contributed by atoms with Gasteiger partial charge in [0.2, 0.25) is 0 Å². The normalized spacial score (nSPS) is 13.0. The Bertz CT molecular complexity index is 635. The zero-order valence-corrected chi connectivity index (χ0v) is 17.8. The Morgan fingerprint density at radius 1 is 0.690 bits per heavy atom. The van der Waals surface area contributed by atoms with Crippen LogP contribution in [-0.4, -0.2) is 58.4 Å². The molecule has 0 heterocycles. The summed E-state index contributed by atoms with van der Waals surface area (Å²) in [5, 5.41) is 19.6. The Hall–Kier alpha value is -1.95. The molecule has 158 valence electrons. The van der Waals surface area contributed by atoms with E-state index >= 15 is 0 Å². The van der Waals surface area contributed by atoms with Crippen LogP contribution in [0.4, 0.5) is 0 Å². The Balaban J connectivity index is 0.00000420. The van der Waals surface area contributed by atoms with Crippen LogP contribution in [0.3, 0.4) is 0 Å². The van der Waals surface area contributed by atoms with E-state index in [2.05, 4.69) is 47.2 Å². The predicted molar refractivity (Wildman–Crippen MR) is 123 cm³/mol. The maximum Gasteiger partial charge on any atom is 0.0622 e. The van der Waals surface area contributed by atoms with Gasteiger partial charge in [-0.05, 0) is 11.1 Å². The van der Waals surface area contributed by atoms with Gasteiger partial charge < -0.3 is 10.2 Å². The van der Waals surface area contributed by atoms with Crippen molar-refractivity contribution in [2.45, 2.75) is 25.2 Å². The van der Waals surface area contributed by atoms with Crippen molar-refractivity contribution in [3.63, 3.8) is 0 Å². The van der Waals surface area contributed by atoms with E-state index in [9.17, 15) is 10.2 Å². The molecule has 2 atom stereocenters. The first-order chi connectivity index (χ1) is 13.7. The van der Waals surface area contributed by atoms with Crippen LogP contribution in [0, 0.1) is 0 Å². The second-order valence-electron chi connectivity index (χ2n) is 6.88. The van der Waals surface area contributed by atoms with Crippen molar-refractivity contribution >= 4 is 12.4 Å². The number of aliphatic hydroxyl groups excluding tert-OH is 2. The van der Waals surface area contributed by atoms with E-state index in [-0.39, 0.29) is 37.7 Å². The molecule has 2 N–H and O–H groups in total. The number of rotatable bonds is 13. The van der Waals surface area contributed by atoms with E-state index in [1.165, 1.54) is 11.1 Å². The third kappa shape index (κ3) is 8.13. The Kier molecular flexibility index (Phi) is 12.2. The van der Waals surface area contributed by atoms with E-state index in [0.29, 0.717) is 0 Å². The second-order valence-corrected chi connectivity index (χ2v) is 6.88. The van der Waals surface area contributed by atoms with E-state index < -0.39 is 0 Å². The lowest BCUT2D eigenvalue weighted by Gasteiger charge is -2.34. The number of aliphatic hydroxyl groups is 2. The van der Waals surface area contributed by atoms with Crippen LogP contribution in [0.25, 0.3) is 0 Å². The van der Waals surface area contributed by atoms with E-state index in [0.717, 1.165) is 26.2 Å². The lowest BCUT2D eigenvalue weighted by atomic mass is 10.1. The summed E-state index contributed by atoms with van der Waals surface area (Å²) < 4.78 is 0. The van der Waals surface area contributed by atoms with Crippen molar-refractivity contribution in [2.75, 3.05) is 26.3 Å². The standard InChI is InChI=1S/C24H32N2O2.ClH/c1-3-23(19-27)25(17-21-11-7-5-8-12-21)15-16-26(24(4-2)20-28)18-22-13-9-6-10-14-22;/h3-14,23-24,27-28H,1-2,15-20H2;1H. The number of halogens is 1. The zero-order chi connectivity index (χ0) is 20.2. The Morgan fingerprint density at radius 2 is 1.03 bits per heavy atom. The number of hydrogen-bond donors (Lipinski definition) is 2. The lowest BCUT2D eigenvalue weighted by Crippen LogP contribution is -2.44. The predicted octanol–water partition coefficient (Wildman–Crippen LogP) is 3.51. The van der Waals surface area contributed by atoms with E-state index in [1.807, 2.05) is 36.4 Å². The number of benzene rings is 2. The van der Waals surface area contributed by atoms with Crippen LogP contribution < -0.4 is 0 Å². The molecule has 0 bridgehead atoms. The summed E-state index contributed by atoms with van der Waals surface area (Å²) in [6.07, 6.45) is 3.59. The quantitative estimate of drug-likeness (QED) is 0.490. The van der Waals surface area contributed by atoms with E-state index in [1.54, 1.807) is 12.2 Å². The summed E-state index contributed by atoms with van der Waals surface area (Å²) in [5.41, 5.74) is 2.39. The molecule has 2 aromatic carbocycles. The highest BCUT2D eigenvalue weighted by Gasteiger charge is 2.20. The fourth-order valence-corrected chi connectivity index (χ4v) is 3.30. The number of hydrogen-bond acceptors (Lipinski definition) is 4. The van der Waals surface area contributed by atoms with Crippen molar-refractivity contribution in [2.24, 2.45) is 0 Å². The molecule has 29 heavy (non-hydrogen) atoms. The van der Waals surface area contributed by atoms with Crippen LogP contribution in [0.5, 0.6) is 0 Å². The lowest BCUT2D eigenvalue weighted by molar-refractivity contribution is 0.0997. The molecular formula is C24H33ClN2O2. The largest absolute Gasteiger partial charge is 0.394 e. The molecule has 0 saturated heterocycles. The molecule has 2 aromatic rings. The molecule has 2 rings (SSSR count). The van der Waals surface area contributed by atoms with Gasteiger partial charge in [0, 0.05) is 26.2 Å². The molecule has 0 aliphatic heterocycles. The van der Waals surface area contributed by atoms with Gasteiger partial charge in [0.25, 0.3) is 0 Å². The maximum atomic E-state index is 9.79. The molecule has 0 aliphatic carbocycles. The third-order valence-corrected chi connectivity index (χ3v) is 4.99. The van der Waals surface area contributed by atoms with Crippen LogP contribution in [0.15, 0.2) is 86.0 Å². The van der Waals surface area contributed by atoms with Gasteiger partial charge in [-0.2, -0.15) is 0 Å². The molecular weight excluding hydrogens is 384 g/mol. The van der Waals surface area contributed by atoms with Gasteiger partial charge in [-0.25, -0.2) is 0 Å². The van der Waals surface area contributed by atoms with Gasteiger partial charge in [0.05, 0.1) is 25.3 Å². The fraction of sp³-hybridized carbons (Fsp3) is 0.333. The summed E-state index contributed by atoms with van der Waals surface area (Å²) in [4.78, 5) is 4.44. The highest BCUT2D eigenvalue weighted by Crippen LogP contribution is 2.13. The van der Waals surface area contributed by atoms with Gasteiger partial charge >= 0.3 is 0 Å².